The van der Waals surface area contributed by atoms with E-state index >= 15 is 0 Å². The second kappa shape index (κ2) is 5.02. The standard InChI is InChI=1S/C10H17NO2/c1-3-13-10(12)6-9-4-5-11-7-8(9)2/h6,8,11H,3-5,7H2,1-2H3. The SMILES string of the molecule is CCOC(=O)C=C1CCNCC1C. The van der Waals surface area contributed by atoms with Crippen LogP contribution in [-0.2, 0) is 9.53 Å². The zero-order valence-electron chi connectivity index (χ0n) is 8.30. The number of ether oxygens (including phenoxy) is 1. The summed E-state index contributed by atoms with van der Waals surface area (Å²) in [5, 5.41) is 3.28. The largest absolute Gasteiger partial charge is 0.463 e. The summed E-state index contributed by atoms with van der Waals surface area (Å²) in [5.74, 6) is 0.254. The first-order valence-electron chi connectivity index (χ1n) is 4.82. The summed E-state index contributed by atoms with van der Waals surface area (Å²) in [7, 11) is 0. The molecule has 74 valence electrons. The van der Waals surface area contributed by atoms with E-state index in [0.717, 1.165) is 19.5 Å². The van der Waals surface area contributed by atoms with E-state index in [9.17, 15) is 4.79 Å². The van der Waals surface area contributed by atoms with Gasteiger partial charge in [-0.1, -0.05) is 12.5 Å². The lowest BCUT2D eigenvalue weighted by Gasteiger charge is -2.22. The minimum Gasteiger partial charge on any atom is -0.463 e. The predicted octanol–water partition coefficient (Wildman–Crippen LogP) is 1.11. The molecule has 0 aromatic rings. The van der Waals surface area contributed by atoms with Gasteiger partial charge in [0.15, 0.2) is 0 Å². The van der Waals surface area contributed by atoms with Crippen LogP contribution in [0.25, 0.3) is 0 Å². The van der Waals surface area contributed by atoms with Crippen molar-refractivity contribution in [3.05, 3.63) is 11.6 Å². The summed E-state index contributed by atoms with van der Waals surface area (Å²) in [6.45, 7) is 6.33. The van der Waals surface area contributed by atoms with Crippen molar-refractivity contribution < 1.29 is 9.53 Å². The molecule has 0 spiro atoms. The topological polar surface area (TPSA) is 38.3 Å². The minimum atomic E-state index is -0.203. The van der Waals surface area contributed by atoms with Crippen LogP contribution < -0.4 is 5.32 Å². The quantitative estimate of drug-likeness (QED) is 0.514. The Morgan fingerprint density at radius 3 is 3.15 bits per heavy atom. The average molecular weight is 183 g/mol. The summed E-state index contributed by atoms with van der Waals surface area (Å²) in [6, 6.07) is 0. The van der Waals surface area contributed by atoms with Crippen molar-refractivity contribution in [1.82, 2.24) is 5.32 Å². The molecule has 0 aromatic carbocycles. The molecule has 0 aliphatic carbocycles. The number of carbonyl (C=O) groups is 1. The number of carbonyl (C=O) groups excluding carboxylic acids is 1. The zero-order valence-corrected chi connectivity index (χ0v) is 8.30. The number of esters is 1. The molecule has 1 aliphatic heterocycles. The highest BCUT2D eigenvalue weighted by atomic mass is 16.5. The molecule has 3 heteroatoms. The lowest BCUT2D eigenvalue weighted by atomic mass is 9.94. The Kier molecular flexibility index (Phi) is 3.96. The van der Waals surface area contributed by atoms with Gasteiger partial charge in [0.2, 0.25) is 0 Å². The van der Waals surface area contributed by atoms with Crippen LogP contribution in [0.1, 0.15) is 20.3 Å². The van der Waals surface area contributed by atoms with Crippen LogP contribution in [-0.4, -0.2) is 25.7 Å². The molecule has 1 unspecified atom stereocenters. The summed E-state index contributed by atoms with van der Waals surface area (Å²) >= 11 is 0. The monoisotopic (exact) mass is 183 g/mol. The van der Waals surface area contributed by atoms with Gasteiger partial charge in [-0.15, -0.1) is 0 Å². The Labute approximate surface area is 79.2 Å². The fraction of sp³-hybridized carbons (Fsp3) is 0.700. The molecule has 0 saturated carbocycles. The highest BCUT2D eigenvalue weighted by molar-refractivity contribution is 5.82. The Morgan fingerprint density at radius 1 is 1.77 bits per heavy atom. The van der Waals surface area contributed by atoms with Crippen LogP contribution in [0, 0.1) is 5.92 Å². The van der Waals surface area contributed by atoms with Gasteiger partial charge in [0.1, 0.15) is 0 Å². The summed E-state index contributed by atoms with van der Waals surface area (Å²) < 4.78 is 4.86. The van der Waals surface area contributed by atoms with Crippen molar-refractivity contribution >= 4 is 5.97 Å². The molecule has 0 bridgehead atoms. The van der Waals surface area contributed by atoms with Crippen molar-refractivity contribution in [3.63, 3.8) is 0 Å². The van der Waals surface area contributed by atoms with Crippen molar-refractivity contribution in [1.29, 1.82) is 0 Å². The maximum absolute atomic E-state index is 11.1. The second-order valence-electron chi connectivity index (χ2n) is 3.33. The van der Waals surface area contributed by atoms with Gasteiger partial charge in [-0.05, 0) is 25.8 Å². The van der Waals surface area contributed by atoms with Gasteiger partial charge in [-0.2, -0.15) is 0 Å². The third-order valence-electron chi connectivity index (χ3n) is 2.26. The van der Waals surface area contributed by atoms with E-state index < -0.39 is 0 Å². The van der Waals surface area contributed by atoms with E-state index in [-0.39, 0.29) is 5.97 Å². The Balaban J connectivity index is 2.52. The van der Waals surface area contributed by atoms with Crippen LogP contribution in [0.5, 0.6) is 0 Å². The van der Waals surface area contributed by atoms with Crippen LogP contribution in [0.3, 0.4) is 0 Å². The molecule has 0 radical (unpaired) electrons. The van der Waals surface area contributed by atoms with Crippen molar-refractivity contribution in [2.45, 2.75) is 20.3 Å². The predicted molar refractivity (Wildman–Crippen MR) is 51.4 cm³/mol. The van der Waals surface area contributed by atoms with E-state index in [4.69, 9.17) is 4.74 Å². The van der Waals surface area contributed by atoms with E-state index in [1.54, 1.807) is 6.08 Å². The lowest BCUT2D eigenvalue weighted by Crippen LogP contribution is -2.30. The molecule has 1 rings (SSSR count). The zero-order chi connectivity index (χ0) is 9.68. The number of nitrogens with one attached hydrogen (secondary N) is 1. The van der Waals surface area contributed by atoms with Gasteiger partial charge >= 0.3 is 5.97 Å². The normalized spacial score (nSPS) is 26.0. The fourth-order valence-electron chi connectivity index (χ4n) is 1.48. The smallest absolute Gasteiger partial charge is 0.330 e. The fourth-order valence-corrected chi connectivity index (χ4v) is 1.48. The van der Waals surface area contributed by atoms with Gasteiger partial charge in [0.05, 0.1) is 6.61 Å². The molecule has 0 amide bonds. The molecule has 1 aliphatic rings. The molecule has 1 N–H and O–H groups in total. The van der Waals surface area contributed by atoms with Gasteiger partial charge in [0.25, 0.3) is 0 Å². The molecular weight excluding hydrogens is 166 g/mol. The van der Waals surface area contributed by atoms with E-state index in [0.29, 0.717) is 12.5 Å². The number of hydrogen-bond acceptors (Lipinski definition) is 3. The second-order valence-corrected chi connectivity index (χ2v) is 3.33. The minimum absolute atomic E-state index is 0.203. The Bertz CT molecular complexity index is 211. The summed E-state index contributed by atoms with van der Waals surface area (Å²) in [4.78, 5) is 11.1. The Hall–Kier alpha value is -0.830. The van der Waals surface area contributed by atoms with E-state index in [1.165, 1.54) is 5.57 Å². The van der Waals surface area contributed by atoms with Crippen LogP contribution in [0.2, 0.25) is 0 Å². The van der Waals surface area contributed by atoms with E-state index in [1.807, 2.05) is 6.92 Å². The first-order valence-corrected chi connectivity index (χ1v) is 4.82. The highest BCUT2D eigenvalue weighted by Crippen LogP contribution is 2.16. The molecule has 1 saturated heterocycles. The molecule has 0 aromatic heterocycles. The first-order chi connectivity index (χ1) is 6.24. The van der Waals surface area contributed by atoms with Crippen molar-refractivity contribution in [2.75, 3.05) is 19.7 Å². The molecule has 1 heterocycles. The van der Waals surface area contributed by atoms with Gasteiger partial charge < -0.3 is 10.1 Å². The highest BCUT2D eigenvalue weighted by Gasteiger charge is 2.14. The molecule has 13 heavy (non-hydrogen) atoms. The van der Waals surface area contributed by atoms with E-state index in [2.05, 4.69) is 12.2 Å². The molecule has 1 fully saturated rings. The van der Waals surface area contributed by atoms with Gasteiger partial charge in [-0.3, -0.25) is 0 Å². The van der Waals surface area contributed by atoms with Crippen molar-refractivity contribution in [3.8, 4) is 0 Å². The lowest BCUT2D eigenvalue weighted by molar-refractivity contribution is -0.137. The summed E-state index contributed by atoms with van der Waals surface area (Å²) in [6.07, 6.45) is 2.61. The number of piperidine rings is 1. The maximum atomic E-state index is 11.1. The summed E-state index contributed by atoms with van der Waals surface area (Å²) in [5.41, 5.74) is 1.21. The third kappa shape index (κ3) is 3.19. The van der Waals surface area contributed by atoms with Crippen LogP contribution in [0.4, 0.5) is 0 Å². The van der Waals surface area contributed by atoms with Crippen LogP contribution >= 0.6 is 0 Å². The van der Waals surface area contributed by atoms with Gasteiger partial charge in [0, 0.05) is 12.6 Å². The van der Waals surface area contributed by atoms with Crippen LogP contribution in [0.15, 0.2) is 11.6 Å². The number of rotatable bonds is 2. The Morgan fingerprint density at radius 2 is 2.54 bits per heavy atom. The molecule has 3 nitrogen and oxygen atoms in total. The average Bonchev–Trinajstić information content (AvgIpc) is 2.09. The number of hydrogen-bond donors (Lipinski definition) is 1. The first kappa shape index (κ1) is 10.3. The molecule has 1 atom stereocenters. The maximum Gasteiger partial charge on any atom is 0.330 e. The van der Waals surface area contributed by atoms with Crippen molar-refractivity contribution in [2.24, 2.45) is 5.92 Å². The molecular formula is C10H17NO2. The van der Waals surface area contributed by atoms with Gasteiger partial charge in [-0.25, -0.2) is 4.79 Å². The third-order valence-corrected chi connectivity index (χ3v) is 2.26.